The molecule has 3 rings (SSSR count). The van der Waals surface area contributed by atoms with E-state index in [0.717, 1.165) is 18.6 Å². The Morgan fingerprint density at radius 2 is 1.87 bits per heavy atom. The third kappa shape index (κ3) is 3.13. The van der Waals surface area contributed by atoms with Gasteiger partial charge in [-0.15, -0.1) is 0 Å². The van der Waals surface area contributed by atoms with Crippen molar-refractivity contribution in [2.45, 2.75) is 25.8 Å². The van der Waals surface area contributed by atoms with Gasteiger partial charge in [-0.25, -0.2) is 0 Å². The molecular weight excluding hydrogens is 292 g/mol. The number of hydrogen-bond acceptors (Lipinski definition) is 3. The molecule has 5 heteroatoms. The lowest BCUT2D eigenvalue weighted by Gasteiger charge is -2.37. The normalized spacial score (nSPS) is 21.2. The van der Waals surface area contributed by atoms with Crippen LogP contribution in [0, 0.1) is 5.92 Å². The summed E-state index contributed by atoms with van der Waals surface area (Å²) in [6.07, 6.45) is 3.50. The number of rotatable bonds is 3. The van der Waals surface area contributed by atoms with Crippen LogP contribution in [0.4, 0.5) is 0 Å². The lowest BCUT2D eigenvalue weighted by atomic mass is 9.90. The Labute approximate surface area is 135 Å². The maximum absolute atomic E-state index is 12.9. The first kappa shape index (κ1) is 15.3. The van der Waals surface area contributed by atoms with Gasteiger partial charge in [0.2, 0.25) is 5.91 Å². The summed E-state index contributed by atoms with van der Waals surface area (Å²) in [5.41, 5.74) is 6.19. The number of carbonyl (C=O) groups is 2. The van der Waals surface area contributed by atoms with Crippen molar-refractivity contribution in [3.05, 3.63) is 59.5 Å². The lowest BCUT2D eigenvalue weighted by molar-refractivity contribution is 0.0520. The molecule has 1 saturated heterocycles. The van der Waals surface area contributed by atoms with E-state index in [-0.39, 0.29) is 11.9 Å². The van der Waals surface area contributed by atoms with E-state index in [0.29, 0.717) is 23.6 Å². The summed E-state index contributed by atoms with van der Waals surface area (Å²) >= 11 is 0. The van der Waals surface area contributed by atoms with Gasteiger partial charge in [0, 0.05) is 17.7 Å². The lowest BCUT2D eigenvalue weighted by Crippen LogP contribution is -2.40. The molecule has 5 nitrogen and oxygen atoms in total. The minimum atomic E-state index is -0.496. The molecular formula is C18H20N2O3. The van der Waals surface area contributed by atoms with E-state index in [9.17, 15) is 9.59 Å². The van der Waals surface area contributed by atoms with Gasteiger partial charge in [-0.1, -0.05) is 6.92 Å². The Bertz CT molecular complexity index is 692. The molecule has 2 atom stereocenters. The van der Waals surface area contributed by atoms with Crippen LogP contribution in [-0.4, -0.2) is 23.3 Å². The van der Waals surface area contributed by atoms with Crippen LogP contribution in [0.5, 0.6) is 0 Å². The topological polar surface area (TPSA) is 76.5 Å². The zero-order valence-electron chi connectivity index (χ0n) is 13.1. The molecule has 2 N–H and O–H groups in total. The summed E-state index contributed by atoms with van der Waals surface area (Å²) in [7, 11) is 0. The van der Waals surface area contributed by atoms with Gasteiger partial charge in [-0.2, -0.15) is 0 Å². The summed E-state index contributed by atoms with van der Waals surface area (Å²) in [5.74, 6) is 0.823. The Balaban J connectivity index is 1.85. The van der Waals surface area contributed by atoms with Crippen molar-refractivity contribution >= 4 is 11.8 Å². The van der Waals surface area contributed by atoms with Crippen molar-refractivity contribution in [2.75, 3.05) is 6.54 Å². The number of nitrogens with zero attached hydrogens (tertiary/aromatic N) is 1. The molecule has 2 heterocycles. The molecule has 23 heavy (non-hydrogen) atoms. The van der Waals surface area contributed by atoms with Crippen LogP contribution < -0.4 is 5.73 Å². The fourth-order valence-electron chi connectivity index (χ4n) is 3.08. The van der Waals surface area contributed by atoms with Crippen LogP contribution in [0.3, 0.4) is 0 Å². The van der Waals surface area contributed by atoms with Gasteiger partial charge < -0.3 is 15.1 Å². The molecule has 120 valence electrons. The Hall–Kier alpha value is -2.56. The third-order valence-corrected chi connectivity index (χ3v) is 4.41. The minimum Gasteiger partial charge on any atom is -0.467 e. The first-order valence-corrected chi connectivity index (χ1v) is 7.80. The maximum Gasteiger partial charge on any atom is 0.254 e. The van der Waals surface area contributed by atoms with Gasteiger partial charge in [0.15, 0.2) is 0 Å². The average Bonchev–Trinajstić information content (AvgIpc) is 3.08. The number of amides is 2. The van der Waals surface area contributed by atoms with E-state index in [2.05, 4.69) is 6.92 Å². The summed E-state index contributed by atoms with van der Waals surface area (Å²) in [6.45, 7) is 2.89. The van der Waals surface area contributed by atoms with Crippen LogP contribution in [0.1, 0.15) is 52.3 Å². The number of hydrogen-bond donors (Lipinski definition) is 1. The first-order valence-electron chi connectivity index (χ1n) is 7.80. The molecule has 0 saturated carbocycles. The highest BCUT2D eigenvalue weighted by Gasteiger charge is 2.33. The molecule has 1 aromatic carbocycles. The first-order chi connectivity index (χ1) is 11.1. The van der Waals surface area contributed by atoms with Gasteiger partial charge in [-0.05, 0) is 55.2 Å². The van der Waals surface area contributed by atoms with Gasteiger partial charge in [-0.3, -0.25) is 9.59 Å². The fraction of sp³-hybridized carbons (Fsp3) is 0.333. The molecule has 2 amide bonds. The minimum absolute atomic E-state index is 0.0444. The molecule has 0 bridgehead atoms. The largest absolute Gasteiger partial charge is 0.467 e. The van der Waals surface area contributed by atoms with Crippen molar-refractivity contribution in [3.8, 4) is 0 Å². The maximum atomic E-state index is 12.9. The van der Waals surface area contributed by atoms with E-state index in [4.69, 9.17) is 10.2 Å². The highest BCUT2D eigenvalue weighted by molar-refractivity contribution is 5.97. The van der Waals surface area contributed by atoms with Crippen molar-refractivity contribution in [3.63, 3.8) is 0 Å². The molecule has 1 aliphatic rings. The highest BCUT2D eigenvalue weighted by atomic mass is 16.3. The highest BCUT2D eigenvalue weighted by Crippen LogP contribution is 2.35. The SMILES string of the molecule is C[C@H]1CCN(C(=O)c2ccc(C(N)=O)cc2)[C@@H](c2ccco2)C1. The Morgan fingerprint density at radius 1 is 1.17 bits per heavy atom. The van der Waals surface area contributed by atoms with Crippen LogP contribution in [0.25, 0.3) is 0 Å². The number of nitrogens with two attached hydrogens (primary N) is 1. The van der Waals surface area contributed by atoms with Crippen molar-refractivity contribution in [1.82, 2.24) is 4.90 Å². The second-order valence-corrected chi connectivity index (χ2v) is 6.10. The molecule has 0 spiro atoms. The number of likely N-dealkylation sites (tertiary alicyclic amines) is 1. The van der Waals surface area contributed by atoms with Crippen molar-refractivity contribution in [1.29, 1.82) is 0 Å². The second-order valence-electron chi connectivity index (χ2n) is 6.10. The van der Waals surface area contributed by atoms with Gasteiger partial charge in [0.25, 0.3) is 5.91 Å². The zero-order valence-corrected chi connectivity index (χ0v) is 13.1. The smallest absolute Gasteiger partial charge is 0.254 e. The molecule has 0 radical (unpaired) electrons. The number of carbonyl (C=O) groups excluding carboxylic acids is 2. The molecule has 2 aromatic rings. The van der Waals surface area contributed by atoms with Crippen LogP contribution in [-0.2, 0) is 0 Å². The Morgan fingerprint density at radius 3 is 2.48 bits per heavy atom. The van der Waals surface area contributed by atoms with Crippen LogP contribution in [0.15, 0.2) is 47.1 Å². The predicted octanol–water partition coefficient (Wildman–Crippen LogP) is 2.99. The number of benzene rings is 1. The Kier molecular flexibility index (Phi) is 4.19. The number of piperidine rings is 1. The number of primary amides is 1. The van der Waals surface area contributed by atoms with Crippen molar-refractivity contribution in [2.24, 2.45) is 11.7 Å². The van der Waals surface area contributed by atoms with E-state index < -0.39 is 5.91 Å². The summed E-state index contributed by atoms with van der Waals surface area (Å²) < 4.78 is 5.53. The fourth-order valence-corrected chi connectivity index (χ4v) is 3.08. The van der Waals surface area contributed by atoms with Gasteiger partial charge in [0.05, 0.1) is 12.3 Å². The summed E-state index contributed by atoms with van der Waals surface area (Å²) in [4.78, 5) is 25.9. The van der Waals surface area contributed by atoms with Crippen LogP contribution in [0.2, 0.25) is 0 Å². The molecule has 0 unspecified atom stereocenters. The monoisotopic (exact) mass is 312 g/mol. The molecule has 1 aromatic heterocycles. The van der Waals surface area contributed by atoms with Gasteiger partial charge in [0.1, 0.15) is 5.76 Å². The molecule has 1 aliphatic heterocycles. The molecule has 0 aliphatic carbocycles. The standard InChI is InChI=1S/C18H20N2O3/c1-12-8-9-20(15(11-12)16-3-2-10-23-16)18(22)14-6-4-13(5-7-14)17(19)21/h2-7,10,12,15H,8-9,11H2,1H3,(H2,19,21)/t12-,15+/m0/s1. The van der Waals surface area contributed by atoms with E-state index in [1.54, 1.807) is 30.5 Å². The molecule has 1 fully saturated rings. The van der Waals surface area contributed by atoms with Crippen molar-refractivity contribution < 1.29 is 14.0 Å². The van der Waals surface area contributed by atoms with E-state index >= 15 is 0 Å². The predicted molar refractivity (Wildman–Crippen MR) is 85.8 cm³/mol. The van der Waals surface area contributed by atoms with Gasteiger partial charge >= 0.3 is 0 Å². The second kappa shape index (κ2) is 6.28. The summed E-state index contributed by atoms with van der Waals surface area (Å²) in [6, 6.07) is 10.2. The van der Waals surface area contributed by atoms with E-state index in [1.807, 2.05) is 17.0 Å². The quantitative estimate of drug-likeness (QED) is 0.946. The van der Waals surface area contributed by atoms with E-state index in [1.165, 1.54) is 0 Å². The summed E-state index contributed by atoms with van der Waals surface area (Å²) in [5, 5.41) is 0. The van der Waals surface area contributed by atoms with Crippen LogP contribution >= 0.6 is 0 Å². The zero-order chi connectivity index (χ0) is 16.4. The third-order valence-electron chi connectivity index (χ3n) is 4.41. The number of furan rings is 1. The average molecular weight is 312 g/mol.